The van der Waals surface area contributed by atoms with Gasteiger partial charge in [-0.05, 0) is 31.3 Å². The van der Waals surface area contributed by atoms with Crippen molar-refractivity contribution in [2.45, 2.75) is 0 Å². The predicted octanol–water partition coefficient (Wildman–Crippen LogP) is 1.32. The van der Waals surface area contributed by atoms with Crippen molar-refractivity contribution in [2.75, 3.05) is 74.6 Å². The van der Waals surface area contributed by atoms with Gasteiger partial charge >= 0.3 is 0 Å². The van der Waals surface area contributed by atoms with Gasteiger partial charge in [-0.2, -0.15) is 0 Å². The summed E-state index contributed by atoms with van der Waals surface area (Å²) in [5.41, 5.74) is 2.27. The lowest BCUT2D eigenvalue weighted by atomic mass is 10.2. The Labute approximate surface area is 165 Å². The summed E-state index contributed by atoms with van der Waals surface area (Å²) in [6.07, 6.45) is 1.46. The van der Waals surface area contributed by atoms with Crippen LogP contribution in [0.5, 0.6) is 0 Å². The maximum absolute atomic E-state index is 12.6. The van der Waals surface area contributed by atoms with Gasteiger partial charge in [0.1, 0.15) is 17.8 Å². The maximum atomic E-state index is 12.6. The number of hydrogen-bond donors (Lipinski definition) is 1. The van der Waals surface area contributed by atoms with Crippen LogP contribution in [0, 0.1) is 0 Å². The van der Waals surface area contributed by atoms with Crippen molar-refractivity contribution in [3.05, 3.63) is 42.4 Å². The topological polar surface area (TPSA) is 73.8 Å². The van der Waals surface area contributed by atoms with Crippen molar-refractivity contribution in [1.29, 1.82) is 0 Å². The smallest absolute Gasteiger partial charge is 0.274 e. The van der Waals surface area contributed by atoms with E-state index in [0.29, 0.717) is 5.69 Å². The summed E-state index contributed by atoms with van der Waals surface area (Å²) in [6, 6.07) is 9.66. The second-order valence-corrected chi connectivity index (χ2v) is 7.15. The first-order valence-electron chi connectivity index (χ1n) is 9.69. The first kappa shape index (κ1) is 18.6. The Morgan fingerprint density at radius 3 is 2.39 bits per heavy atom. The van der Waals surface area contributed by atoms with Crippen molar-refractivity contribution in [3.8, 4) is 0 Å². The summed E-state index contributed by atoms with van der Waals surface area (Å²) in [5.74, 6) is 0.577. The molecule has 0 atom stereocenters. The van der Waals surface area contributed by atoms with Crippen LogP contribution >= 0.6 is 0 Å². The van der Waals surface area contributed by atoms with Crippen LogP contribution in [0.1, 0.15) is 10.5 Å². The van der Waals surface area contributed by atoms with Crippen molar-refractivity contribution < 1.29 is 9.53 Å². The third kappa shape index (κ3) is 4.40. The molecule has 0 unspecified atom stereocenters. The number of amides is 1. The zero-order valence-corrected chi connectivity index (χ0v) is 16.2. The Kier molecular flexibility index (Phi) is 5.68. The molecular formula is C20H26N6O2. The molecule has 1 aromatic heterocycles. The lowest BCUT2D eigenvalue weighted by Crippen LogP contribution is -2.44. The summed E-state index contributed by atoms with van der Waals surface area (Å²) < 4.78 is 5.39. The molecule has 1 N–H and O–H groups in total. The van der Waals surface area contributed by atoms with Gasteiger partial charge in [-0.15, -0.1) is 0 Å². The Bertz CT molecular complexity index is 799. The fraction of sp³-hybridized carbons (Fsp3) is 0.450. The van der Waals surface area contributed by atoms with Gasteiger partial charge in [0.2, 0.25) is 0 Å². The second kappa shape index (κ2) is 8.53. The van der Waals surface area contributed by atoms with E-state index in [0.717, 1.165) is 69.7 Å². The normalized spacial score (nSPS) is 18.2. The van der Waals surface area contributed by atoms with E-state index in [1.807, 2.05) is 24.3 Å². The van der Waals surface area contributed by atoms with Crippen LogP contribution in [0.3, 0.4) is 0 Å². The second-order valence-electron chi connectivity index (χ2n) is 7.15. The molecule has 2 fully saturated rings. The van der Waals surface area contributed by atoms with E-state index in [1.165, 1.54) is 6.33 Å². The molecule has 2 saturated heterocycles. The number of piperazine rings is 1. The van der Waals surface area contributed by atoms with Crippen molar-refractivity contribution in [3.63, 3.8) is 0 Å². The van der Waals surface area contributed by atoms with Gasteiger partial charge in [0.15, 0.2) is 0 Å². The van der Waals surface area contributed by atoms with E-state index in [2.05, 4.69) is 37.0 Å². The van der Waals surface area contributed by atoms with Crippen LogP contribution in [-0.2, 0) is 4.74 Å². The number of nitrogens with zero attached hydrogens (tertiary/aromatic N) is 5. The quantitative estimate of drug-likeness (QED) is 0.855. The monoisotopic (exact) mass is 382 g/mol. The molecule has 8 heteroatoms. The summed E-state index contributed by atoms with van der Waals surface area (Å²) in [7, 11) is 2.11. The zero-order valence-electron chi connectivity index (χ0n) is 16.2. The number of carbonyl (C=O) groups is 1. The fourth-order valence-electron chi connectivity index (χ4n) is 3.45. The van der Waals surface area contributed by atoms with Crippen molar-refractivity contribution in [2.24, 2.45) is 0 Å². The van der Waals surface area contributed by atoms with Crippen LogP contribution in [0.4, 0.5) is 17.2 Å². The Morgan fingerprint density at radius 2 is 1.68 bits per heavy atom. The van der Waals surface area contributed by atoms with Gasteiger partial charge in [-0.1, -0.05) is 0 Å². The SMILES string of the molecule is CN1CCN(c2cc(C(=O)Nc3ccc(N4CCOCC4)cc3)ncn2)CC1. The average molecular weight is 382 g/mol. The molecule has 8 nitrogen and oxygen atoms in total. The molecule has 0 saturated carbocycles. The minimum atomic E-state index is -0.225. The van der Waals surface area contributed by atoms with Crippen LogP contribution in [-0.4, -0.2) is 80.3 Å². The summed E-state index contributed by atoms with van der Waals surface area (Å²) in [5, 5.41) is 2.93. The van der Waals surface area contributed by atoms with Crippen molar-refractivity contribution >= 4 is 23.1 Å². The molecular weight excluding hydrogens is 356 g/mol. The fourth-order valence-corrected chi connectivity index (χ4v) is 3.45. The number of nitrogens with one attached hydrogen (secondary N) is 1. The summed E-state index contributed by atoms with van der Waals surface area (Å²) in [6.45, 7) is 7.06. The lowest BCUT2D eigenvalue weighted by molar-refractivity contribution is 0.102. The molecule has 2 aromatic rings. The lowest BCUT2D eigenvalue weighted by Gasteiger charge is -2.33. The first-order chi connectivity index (χ1) is 13.7. The zero-order chi connectivity index (χ0) is 19.3. The van der Waals surface area contributed by atoms with Gasteiger partial charge in [-0.3, -0.25) is 4.79 Å². The highest BCUT2D eigenvalue weighted by atomic mass is 16.5. The molecule has 2 aliphatic rings. The number of ether oxygens (including phenoxy) is 1. The summed E-state index contributed by atoms with van der Waals surface area (Å²) in [4.78, 5) is 27.9. The van der Waals surface area contributed by atoms with E-state index >= 15 is 0 Å². The van der Waals surface area contributed by atoms with E-state index in [1.54, 1.807) is 6.07 Å². The number of morpholine rings is 1. The number of aromatic nitrogens is 2. The van der Waals surface area contributed by atoms with E-state index in [4.69, 9.17) is 4.74 Å². The van der Waals surface area contributed by atoms with E-state index in [-0.39, 0.29) is 5.91 Å². The molecule has 0 radical (unpaired) electrons. The number of likely N-dealkylation sites (N-methyl/N-ethyl adjacent to an activating group) is 1. The molecule has 1 amide bonds. The molecule has 0 bridgehead atoms. The third-order valence-corrected chi connectivity index (χ3v) is 5.21. The highest BCUT2D eigenvalue weighted by Crippen LogP contribution is 2.20. The Balaban J connectivity index is 1.40. The molecule has 4 rings (SSSR count). The number of rotatable bonds is 4. The van der Waals surface area contributed by atoms with E-state index < -0.39 is 0 Å². The van der Waals surface area contributed by atoms with Crippen molar-refractivity contribution in [1.82, 2.24) is 14.9 Å². The number of carbonyl (C=O) groups excluding carboxylic acids is 1. The van der Waals surface area contributed by atoms with Gasteiger partial charge in [0, 0.05) is 56.7 Å². The molecule has 3 heterocycles. The van der Waals surface area contributed by atoms with Crippen LogP contribution in [0.2, 0.25) is 0 Å². The number of benzene rings is 1. The molecule has 1 aromatic carbocycles. The third-order valence-electron chi connectivity index (χ3n) is 5.21. The van der Waals surface area contributed by atoms with Crippen LogP contribution in [0.15, 0.2) is 36.7 Å². The summed E-state index contributed by atoms with van der Waals surface area (Å²) >= 11 is 0. The van der Waals surface area contributed by atoms with E-state index in [9.17, 15) is 4.79 Å². The Morgan fingerprint density at radius 1 is 0.964 bits per heavy atom. The number of hydrogen-bond acceptors (Lipinski definition) is 7. The largest absolute Gasteiger partial charge is 0.378 e. The molecule has 28 heavy (non-hydrogen) atoms. The number of anilines is 3. The first-order valence-corrected chi connectivity index (χ1v) is 9.69. The van der Waals surface area contributed by atoms with Crippen LogP contribution < -0.4 is 15.1 Å². The van der Waals surface area contributed by atoms with Gasteiger partial charge in [0.25, 0.3) is 5.91 Å². The van der Waals surface area contributed by atoms with Gasteiger partial charge in [-0.25, -0.2) is 9.97 Å². The minimum absolute atomic E-state index is 0.225. The average Bonchev–Trinajstić information content (AvgIpc) is 2.75. The molecule has 0 aliphatic carbocycles. The van der Waals surface area contributed by atoms with Crippen LogP contribution in [0.25, 0.3) is 0 Å². The maximum Gasteiger partial charge on any atom is 0.274 e. The molecule has 0 spiro atoms. The molecule has 148 valence electrons. The van der Waals surface area contributed by atoms with Gasteiger partial charge < -0.3 is 24.8 Å². The van der Waals surface area contributed by atoms with Gasteiger partial charge in [0.05, 0.1) is 13.2 Å². The molecule has 2 aliphatic heterocycles. The Hall–Kier alpha value is -2.71. The standard InChI is InChI=1S/C20H26N6O2/c1-24-6-8-26(9-7-24)19-14-18(21-15-22-19)20(27)23-16-2-4-17(5-3-16)25-10-12-28-13-11-25/h2-5,14-15H,6-13H2,1H3,(H,23,27). The highest BCUT2D eigenvalue weighted by Gasteiger charge is 2.18. The highest BCUT2D eigenvalue weighted by molar-refractivity contribution is 6.03. The minimum Gasteiger partial charge on any atom is -0.378 e. The predicted molar refractivity (Wildman–Crippen MR) is 109 cm³/mol.